The van der Waals surface area contributed by atoms with E-state index >= 15 is 0 Å². The van der Waals surface area contributed by atoms with Gasteiger partial charge in [-0.05, 0) is 199 Å². The van der Waals surface area contributed by atoms with Gasteiger partial charge in [-0.1, -0.05) is 52.3 Å². The molecule has 5 amide bonds. The van der Waals surface area contributed by atoms with Crippen molar-refractivity contribution in [3.05, 3.63) is 178 Å². The molecule has 12 bridgehead atoms. The van der Waals surface area contributed by atoms with Crippen LogP contribution in [0.2, 0.25) is 0 Å². The number of hydrogen-bond acceptors (Lipinski definition) is 25. The molecule has 5 saturated heterocycles. The molecule has 6 aromatic heterocycles. The molecule has 0 aliphatic carbocycles. The van der Waals surface area contributed by atoms with Gasteiger partial charge in [-0.2, -0.15) is 0 Å². The number of nitrogens with one attached hydrogen (secondary N) is 2. The zero-order chi connectivity index (χ0) is 87.4. The first-order valence-corrected chi connectivity index (χ1v) is 43.4. The van der Waals surface area contributed by atoms with Gasteiger partial charge in [-0.3, -0.25) is 73.5 Å². The number of alkyl halides is 1. The first-order valence-electron chi connectivity index (χ1n) is 42.3. The number of carbonyl (C=O) groups excluding carboxylic acids is 8. The van der Waals surface area contributed by atoms with Gasteiger partial charge in [0.25, 0.3) is 0 Å². The molecule has 5 atom stereocenters. The van der Waals surface area contributed by atoms with E-state index in [1.807, 2.05) is 179 Å². The summed E-state index contributed by atoms with van der Waals surface area (Å²) in [6.07, 6.45) is 6.51. The molecular weight excluding hydrogens is 1630 g/mol. The Morgan fingerprint density at radius 1 is 0.320 bits per heavy atom. The van der Waals surface area contributed by atoms with Gasteiger partial charge >= 0.3 is 29.8 Å². The van der Waals surface area contributed by atoms with Crippen molar-refractivity contribution in [2.24, 2.45) is 0 Å². The Bertz CT molecular complexity index is 4290. The van der Waals surface area contributed by atoms with E-state index < -0.39 is 59.0 Å². The van der Waals surface area contributed by atoms with Crippen LogP contribution in [0.5, 0.6) is 0 Å². The summed E-state index contributed by atoms with van der Waals surface area (Å²) in [4.78, 5) is 171. The number of pyridine rings is 6. The Morgan fingerprint density at radius 3 is 0.713 bits per heavy atom. The number of aliphatic carboxylic acids is 2. The third kappa shape index (κ3) is 27.7. The van der Waals surface area contributed by atoms with E-state index in [9.17, 15) is 58.2 Å². The van der Waals surface area contributed by atoms with E-state index in [2.05, 4.69) is 48.7 Å². The average Bonchev–Trinajstić information content (AvgIpc) is 1.38. The first kappa shape index (κ1) is 92.6. The van der Waals surface area contributed by atoms with Crippen LogP contribution in [-0.2, 0) is 141 Å². The standard InChI is InChI=1S/C36H50N6O6.C28H34N6O6.C14H16N4.C11H18BrNO3/c1-35(2,3)47-33(45)29-15-9-17-41(29)31(43)23-39-19-25-11-7-13-27(37-25)21-40(22-28-14-8-12-26(20-39)38-28)24-32(44)42-18-10-16-30(42)34(46)48-36(4,5)6;35-25(33-11-3-9-23(33)27(37)38)17-31-13-19-5-1-6-20(29-19)14-32(16-22-8-2-7-21(15-31)30-22)18-26(36)34-12-4-10-24(34)28(39)40;1-3-11-7-15-9-13-5-2-6-14(18-13)10-16-8-12(4-1)17-11;1-11(2,3)16-10(15)8-5-4-6-13(8)9(14)7-12/h7-8,11-14,29-30H,9-10,15-24H2,1-6H3;1-2,5-8,23-24H,3-4,9-18H2,(H,37,38)(H,39,40);1-6,15-16H,7-10H2;8H,4-7H2,1-3H3. The number of carboxylic acid groups (broad SMARTS) is 2. The van der Waals surface area contributed by atoms with E-state index in [1.165, 1.54) is 9.80 Å². The maximum absolute atomic E-state index is 13.7. The second-order valence-corrected chi connectivity index (χ2v) is 35.7. The predicted octanol–water partition coefficient (Wildman–Crippen LogP) is 7.49. The number of aromatic nitrogens is 6. The molecule has 656 valence electrons. The highest BCUT2D eigenvalue weighted by Gasteiger charge is 2.42. The van der Waals surface area contributed by atoms with Gasteiger partial charge in [0.05, 0.1) is 99.8 Å². The molecule has 0 saturated carbocycles. The van der Waals surface area contributed by atoms with Crippen LogP contribution in [0.1, 0.15) is 195 Å². The van der Waals surface area contributed by atoms with Gasteiger partial charge in [-0.25, -0.2) is 24.0 Å². The molecule has 0 aromatic carbocycles. The molecule has 32 nitrogen and oxygen atoms in total. The first-order chi connectivity index (χ1) is 58.1. The van der Waals surface area contributed by atoms with E-state index in [-0.39, 0.29) is 79.0 Å². The van der Waals surface area contributed by atoms with Crippen molar-refractivity contribution in [3.63, 3.8) is 0 Å². The second-order valence-electron chi connectivity index (χ2n) is 35.1. The number of amides is 5. The molecular formula is C89H118BrN17O15. The van der Waals surface area contributed by atoms with Crippen molar-refractivity contribution >= 4 is 75.3 Å². The Kier molecular flexibility index (Phi) is 32.4. The highest BCUT2D eigenvalue weighted by atomic mass is 79.9. The van der Waals surface area contributed by atoms with Crippen LogP contribution < -0.4 is 10.6 Å². The fourth-order valence-electron chi connectivity index (χ4n) is 16.3. The van der Waals surface area contributed by atoms with Crippen molar-refractivity contribution in [2.45, 2.75) is 252 Å². The lowest BCUT2D eigenvalue weighted by molar-refractivity contribution is -0.163. The molecule has 8 aliphatic heterocycles. The van der Waals surface area contributed by atoms with Crippen molar-refractivity contribution < 1.29 is 72.4 Å². The monoisotopic (exact) mass is 1740 g/mol. The Balaban J connectivity index is 0.000000174. The minimum atomic E-state index is -0.977. The van der Waals surface area contributed by atoms with Gasteiger partial charge in [0.1, 0.15) is 47.0 Å². The summed E-state index contributed by atoms with van der Waals surface area (Å²) in [5.74, 6) is -3.72. The molecule has 5 unspecified atom stereocenters. The van der Waals surface area contributed by atoms with Crippen LogP contribution in [-0.4, -0.2) is 255 Å². The fourth-order valence-corrected chi connectivity index (χ4v) is 16.6. The SMILES string of the molecule is CC(C)(C)OC(=O)C1CCCN1C(=O)CBr.CC(C)(C)OC(=O)C1CCCN1C(=O)CN1Cc2cccc(n2)CN(CC(=O)N2CCCC2C(=O)OC(C)(C)C)Cc2cccc(n2)C1.O=C(O)C1CCCN1C(=O)CN1Cc2cccc(n2)CN(CC(=O)N2CCCC2C(=O)O)Cc2cccc(n2)C1.c1cc2nc(c1)CNCc1cccc(n1)CNC2. The summed E-state index contributed by atoms with van der Waals surface area (Å²) in [5, 5.41) is 26.1. The summed E-state index contributed by atoms with van der Waals surface area (Å²) >= 11 is 3.12. The van der Waals surface area contributed by atoms with Gasteiger partial charge in [-0.15, -0.1) is 0 Å². The van der Waals surface area contributed by atoms with E-state index in [0.717, 1.165) is 114 Å². The van der Waals surface area contributed by atoms with Crippen LogP contribution in [0.4, 0.5) is 0 Å². The number of hydrogen-bond donors (Lipinski definition) is 4. The minimum absolute atomic E-state index is 0.0444. The van der Waals surface area contributed by atoms with Gasteiger partial charge in [0.15, 0.2) is 0 Å². The number of likely N-dealkylation sites (tertiary alicyclic amines) is 5. The summed E-state index contributed by atoms with van der Waals surface area (Å²) in [7, 11) is 0. The largest absolute Gasteiger partial charge is 0.480 e. The molecule has 14 rings (SSSR count). The van der Waals surface area contributed by atoms with Crippen LogP contribution in [0, 0.1) is 0 Å². The van der Waals surface area contributed by atoms with E-state index in [4.69, 9.17) is 34.1 Å². The Morgan fingerprint density at radius 2 is 0.508 bits per heavy atom. The summed E-state index contributed by atoms with van der Waals surface area (Å²) < 4.78 is 16.5. The third-order valence-corrected chi connectivity index (χ3v) is 22.0. The quantitative estimate of drug-likeness (QED) is 0.0466. The smallest absolute Gasteiger partial charge is 0.329 e. The third-order valence-electron chi connectivity index (χ3n) is 21.5. The lowest BCUT2D eigenvalue weighted by atomic mass is 10.1. The minimum Gasteiger partial charge on any atom is -0.480 e. The molecule has 4 N–H and O–H groups in total. The lowest BCUT2D eigenvalue weighted by Gasteiger charge is -2.30. The number of halogens is 1. The molecule has 5 fully saturated rings. The normalized spacial score (nSPS) is 20.5. The summed E-state index contributed by atoms with van der Waals surface area (Å²) in [6.45, 7) is 25.5. The van der Waals surface area contributed by atoms with Gasteiger partial charge < -0.3 is 59.6 Å². The molecule has 8 aliphatic rings. The molecule has 6 aromatic rings. The second kappa shape index (κ2) is 42.8. The van der Waals surface area contributed by atoms with Crippen molar-refractivity contribution in [1.29, 1.82) is 0 Å². The van der Waals surface area contributed by atoms with Gasteiger partial charge in [0, 0.05) is 111 Å². The van der Waals surface area contributed by atoms with Crippen molar-refractivity contribution in [2.75, 3.05) is 64.2 Å². The topological polar surface area (TPSA) is 369 Å². The highest BCUT2D eigenvalue weighted by Crippen LogP contribution is 2.29. The maximum atomic E-state index is 13.7. The number of carbonyl (C=O) groups is 10. The molecule has 122 heavy (non-hydrogen) atoms. The molecule has 0 spiro atoms. The number of fused-ring (bicyclic) bond motifs is 12. The van der Waals surface area contributed by atoms with Crippen LogP contribution in [0.25, 0.3) is 0 Å². The van der Waals surface area contributed by atoms with Gasteiger partial charge in [0.2, 0.25) is 29.5 Å². The fraction of sp³-hybridized carbons (Fsp3) is 0.551. The zero-order valence-electron chi connectivity index (χ0n) is 71.7. The molecule has 33 heteroatoms. The van der Waals surface area contributed by atoms with Crippen LogP contribution in [0.3, 0.4) is 0 Å². The number of nitrogens with zero attached hydrogens (tertiary/aromatic N) is 15. The number of esters is 3. The van der Waals surface area contributed by atoms with Crippen molar-refractivity contribution in [3.8, 4) is 0 Å². The summed E-state index contributed by atoms with van der Waals surface area (Å²) in [5.41, 5.74) is 8.69. The van der Waals surface area contributed by atoms with Crippen LogP contribution in [0.15, 0.2) is 109 Å². The number of ether oxygens (including phenoxy) is 3. The zero-order valence-corrected chi connectivity index (χ0v) is 73.3. The average molecular weight is 1750 g/mol. The molecule has 0 radical (unpaired) electrons. The Labute approximate surface area is 722 Å². The maximum Gasteiger partial charge on any atom is 0.329 e. The highest BCUT2D eigenvalue weighted by molar-refractivity contribution is 9.09. The van der Waals surface area contributed by atoms with Crippen molar-refractivity contribution in [1.82, 2.24) is 84.6 Å². The molecule has 14 heterocycles. The van der Waals surface area contributed by atoms with E-state index in [0.29, 0.717) is 130 Å². The van der Waals surface area contributed by atoms with Crippen LogP contribution >= 0.6 is 15.9 Å². The summed E-state index contributed by atoms with van der Waals surface area (Å²) in [6, 6.07) is 32.1. The van der Waals surface area contributed by atoms with E-state index in [1.54, 1.807) is 14.7 Å². The lowest BCUT2D eigenvalue weighted by Crippen LogP contribution is -2.47. The Hall–Kier alpha value is -10.2. The predicted molar refractivity (Wildman–Crippen MR) is 453 cm³/mol. The number of carboxylic acids is 2. The number of rotatable bonds is 14.